The standard InChI is InChI=1S/C11H10ClNO4S/c12-9-1-3-10(4-2-9)18(15,16)8-5-11(14)17-7-6-13/h1-4H,5,7-8H2. The van der Waals surface area contributed by atoms with E-state index in [0.717, 1.165) is 0 Å². The van der Waals surface area contributed by atoms with Crippen LogP contribution in [0.4, 0.5) is 0 Å². The molecule has 1 aromatic carbocycles. The van der Waals surface area contributed by atoms with Crippen LogP contribution in [0.15, 0.2) is 29.2 Å². The number of nitriles is 1. The molecule has 0 spiro atoms. The van der Waals surface area contributed by atoms with Crippen molar-refractivity contribution in [2.75, 3.05) is 12.4 Å². The molecular weight excluding hydrogens is 278 g/mol. The Balaban J connectivity index is 2.63. The Morgan fingerprint density at radius 1 is 1.33 bits per heavy atom. The molecule has 0 unspecified atom stereocenters. The lowest BCUT2D eigenvalue weighted by Crippen LogP contribution is -2.13. The van der Waals surface area contributed by atoms with Crippen molar-refractivity contribution < 1.29 is 17.9 Å². The Morgan fingerprint density at radius 2 is 1.94 bits per heavy atom. The molecular formula is C11H10ClNO4S. The number of hydrogen-bond acceptors (Lipinski definition) is 5. The largest absolute Gasteiger partial charge is 0.450 e. The van der Waals surface area contributed by atoms with E-state index in [1.54, 1.807) is 6.07 Å². The van der Waals surface area contributed by atoms with Gasteiger partial charge in [0.05, 0.1) is 17.1 Å². The molecule has 0 bridgehead atoms. The van der Waals surface area contributed by atoms with Crippen LogP contribution in [-0.2, 0) is 19.4 Å². The number of benzene rings is 1. The van der Waals surface area contributed by atoms with Crippen molar-refractivity contribution in [2.45, 2.75) is 11.3 Å². The second-order valence-electron chi connectivity index (χ2n) is 3.34. The Hall–Kier alpha value is -1.58. The van der Waals surface area contributed by atoms with Gasteiger partial charge in [-0.25, -0.2) is 8.42 Å². The van der Waals surface area contributed by atoms with Crippen LogP contribution in [0.2, 0.25) is 5.02 Å². The first-order valence-corrected chi connectivity index (χ1v) is 6.99. The SMILES string of the molecule is N#CCOC(=O)CCS(=O)(=O)c1ccc(Cl)cc1. The van der Waals surface area contributed by atoms with Gasteiger partial charge in [0.25, 0.3) is 0 Å². The highest BCUT2D eigenvalue weighted by Crippen LogP contribution is 2.16. The summed E-state index contributed by atoms with van der Waals surface area (Å²) in [7, 11) is -3.54. The maximum Gasteiger partial charge on any atom is 0.307 e. The van der Waals surface area contributed by atoms with Gasteiger partial charge in [0.2, 0.25) is 0 Å². The van der Waals surface area contributed by atoms with Gasteiger partial charge in [0.15, 0.2) is 16.4 Å². The minimum atomic E-state index is -3.54. The molecule has 0 aliphatic rings. The summed E-state index contributed by atoms with van der Waals surface area (Å²) in [4.78, 5) is 11.2. The number of esters is 1. The third-order valence-corrected chi connectivity index (χ3v) is 4.03. The summed E-state index contributed by atoms with van der Waals surface area (Å²) in [5.41, 5.74) is 0. The molecule has 5 nitrogen and oxygen atoms in total. The fourth-order valence-corrected chi connectivity index (χ4v) is 2.51. The third-order valence-electron chi connectivity index (χ3n) is 2.05. The van der Waals surface area contributed by atoms with Crippen LogP contribution in [0.1, 0.15) is 6.42 Å². The predicted octanol–water partition coefficient (Wildman–Crippen LogP) is 1.57. The first-order chi connectivity index (χ1) is 8.45. The molecule has 96 valence electrons. The van der Waals surface area contributed by atoms with E-state index in [1.165, 1.54) is 24.3 Å². The Labute approximate surface area is 110 Å². The second-order valence-corrected chi connectivity index (χ2v) is 5.89. The molecule has 0 fully saturated rings. The minimum absolute atomic E-state index is 0.0972. The quantitative estimate of drug-likeness (QED) is 0.768. The highest BCUT2D eigenvalue weighted by atomic mass is 35.5. The predicted molar refractivity (Wildman–Crippen MR) is 64.7 cm³/mol. The van der Waals surface area contributed by atoms with Crippen molar-refractivity contribution in [3.63, 3.8) is 0 Å². The summed E-state index contributed by atoms with van der Waals surface area (Å²) in [5, 5.41) is 8.62. The topological polar surface area (TPSA) is 84.2 Å². The molecule has 0 amide bonds. The summed E-state index contributed by atoms with van der Waals surface area (Å²) < 4.78 is 28.1. The summed E-state index contributed by atoms with van der Waals surface area (Å²) in [6.07, 6.45) is -0.285. The monoisotopic (exact) mass is 287 g/mol. The van der Waals surface area contributed by atoms with E-state index in [-0.39, 0.29) is 23.7 Å². The Bertz CT molecular complexity index is 560. The molecule has 0 aliphatic heterocycles. The molecule has 7 heteroatoms. The summed E-state index contributed by atoms with van der Waals surface area (Å²) in [6, 6.07) is 7.29. The zero-order valence-electron chi connectivity index (χ0n) is 9.30. The minimum Gasteiger partial charge on any atom is -0.450 e. The van der Waals surface area contributed by atoms with Gasteiger partial charge in [-0.15, -0.1) is 0 Å². The molecule has 0 aliphatic carbocycles. The fourth-order valence-electron chi connectivity index (χ4n) is 1.16. The number of carbonyl (C=O) groups is 1. The molecule has 1 aromatic rings. The van der Waals surface area contributed by atoms with E-state index in [1.807, 2.05) is 0 Å². The van der Waals surface area contributed by atoms with Gasteiger partial charge in [-0.1, -0.05) is 11.6 Å². The van der Waals surface area contributed by atoms with Crippen LogP contribution in [0.3, 0.4) is 0 Å². The van der Waals surface area contributed by atoms with Crippen molar-refractivity contribution >= 4 is 27.4 Å². The first kappa shape index (κ1) is 14.5. The number of sulfone groups is 1. The van der Waals surface area contributed by atoms with Crippen LogP contribution in [0, 0.1) is 11.3 Å². The lowest BCUT2D eigenvalue weighted by molar-refractivity contribution is -0.141. The Kier molecular flexibility index (Phi) is 5.13. The maximum atomic E-state index is 11.8. The molecule has 0 atom stereocenters. The van der Waals surface area contributed by atoms with Crippen LogP contribution in [-0.4, -0.2) is 26.7 Å². The van der Waals surface area contributed by atoms with Crippen LogP contribution < -0.4 is 0 Å². The van der Waals surface area contributed by atoms with Crippen LogP contribution in [0.25, 0.3) is 0 Å². The lowest BCUT2D eigenvalue weighted by atomic mass is 10.4. The van der Waals surface area contributed by atoms with Crippen molar-refractivity contribution in [1.29, 1.82) is 5.26 Å². The summed E-state index contributed by atoms with van der Waals surface area (Å²) >= 11 is 5.65. The molecule has 18 heavy (non-hydrogen) atoms. The third kappa shape index (κ3) is 4.35. The van der Waals surface area contributed by atoms with Gasteiger partial charge in [0, 0.05) is 5.02 Å². The molecule has 1 rings (SSSR count). The summed E-state index contributed by atoms with van der Waals surface area (Å²) in [6.45, 7) is -0.375. The lowest BCUT2D eigenvalue weighted by Gasteiger charge is -2.04. The molecule has 0 radical (unpaired) electrons. The molecule has 0 saturated carbocycles. The average molecular weight is 288 g/mol. The number of ether oxygens (including phenoxy) is 1. The average Bonchev–Trinajstić information content (AvgIpc) is 2.34. The van der Waals surface area contributed by atoms with E-state index in [0.29, 0.717) is 5.02 Å². The van der Waals surface area contributed by atoms with Crippen molar-refractivity contribution in [3.05, 3.63) is 29.3 Å². The van der Waals surface area contributed by atoms with E-state index >= 15 is 0 Å². The zero-order valence-corrected chi connectivity index (χ0v) is 10.9. The Morgan fingerprint density at radius 3 is 2.50 bits per heavy atom. The van der Waals surface area contributed by atoms with Crippen LogP contribution in [0.5, 0.6) is 0 Å². The van der Waals surface area contributed by atoms with Crippen molar-refractivity contribution in [1.82, 2.24) is 0 Å². The fraction of sp³-hybridized carbons (Fsp3) is 0.273. The molecule has 0 heterocycles. The van der Waals surface area contributed by atoms with E-state index in [9.17, 15) is 13.2 Å². The van der Waals surface area contributed by atoms with Gasteiger partial charge in [0.1, 0.15) is 6.07 Å². The van der Waals surface area contributed by atoms with Crippen molar-refractivity contribution in [3.8, 4) is 6.07 Å². The number of halogens is 1. The van der Waals surface area contributed by atoms with Crippen LogP contribution >= 0.6 is 11.6 Å². The van der Waals surface area contributed by atoms with Gasteiger partial charge in [-0.3, -0.25) is 4.79 Å². The number of nitrogens with zero attached hydrogens (tertiary/aromatic N) is 1. The van der Waals surface area contributed by atoms with Crippen molar-refractivity contribution in [2.24, 2.45) is 0 Å². The normalized spacial score (nSPS) is 10.7. The zero-order chi connectivity index (χ0) is 13.6. The maximum absolute atomic E-state index is 11.8. The van der Waals surface area contributed by atoms with Gasteiger partial charge in [-0.05, 0) is 24.3 Å². The van der Waals surface area contributed by atoms with E-state index < -0.39 is 15.8 Å². The molecule has 0 N–H and O–H groups in total. The van der Waals surface area contributed by atoms with Gasteiger partial charge < -0.3 is 4.74 Å². The first-order valence-electron chi connectivity index (χ1n) is 4.96. The highest BCUT2D eigenvalue weighted by molar-refractivity contribution is 7.91. The van der Waals surface area contributed by atoms with Gasteiger partial charge in [-0.2, -0.15) is 5.26 Å². The van der Waals surface area contributed by atoms with E-state index in [4.69, 9.17) is 16.9 Å². The van der Waals surface area contributed by atoms with Gasteiger partial charge >= 0.3 is 5.97 Å². The molecule has 0 saturated heterocycles. The number of carbonyl (C=O) groups excluding carboxylic acids is 1. The number of hydrogen-bond donors (Lipinski definition) is 0. The second kappa shape index (κ2) is 6.38. The summed E-state index contributed by atoms with van der Waals surface area (Å²) in [5.74, 6) is -1.08. The molecule has 0 aromatic heterocycles. The highest BCUT2D eigenvalue weighted by Gasteiger charge is 2.16. The van der Waals surface area contributed by atoms with E-state index in [2.05, 4.69) is 4.74 Å². The number of rotatable bonds is 5. The smallest absolute Gasteiger partial charge is 0.307 e.